The van der Waals surface area contributed by atoms with Crippen LogP contribution in [0.15, 0.2) is 73.1 Å². The lowest BCUT2D eigenvalue weighted by Gasteiger charge is -2.20. The number of methoxy groups -OCH3 is 1. The van der Waals surface area contributed by atoms with Crippen molar-refractivity contribution in [3.05, 3.63) is 101 Å². The second kappa shape index (κ2) is 8.84. The molecule has 2 aromatic carbocycles. The molecule has 8 heteroatoms. The summed E-state index contributed by atoms with van der Waals surface area (Å²) in [5.74, 6) is 0.909. The quantitative estimate of drug-likeness (QED) is 0.501. The number of halogens is 1. The maximum Gasteiger partial charge on any atom is 0.259 e. The molecule has 3 heterocycles. The fraction of sp³-hybridized carbons (Fsp3) is 0.160. The van der Waals surface area contributed by atoms with Crippen molar-refractivity contribution in [2.75, 3.05) is 12.4 Å². The van der Waals surface area contributed by atoms with Gasteiger partial charge in [-0.1, -0.05) is 18.2 Å². The highest BCUT2D eigenvalue weighted by atomic mass is 19.1. The van der Waals surface area contributed by atoms with Gasteiger partial charge in [-0.05, 0) is 48.0 Å². The van der Waals surface area contributed by atoms with Gasteiger partial charge in [0.1, 0.15) is 11.6 Å². The minimum Gasteiger partial charge on any atom is -0.497 e. The summed E-state index contributed by atoms with van der Waals surface area (Å²) in [6, 6.07) is 17.5. The number of amides is 1. The smallest absolute Gasteiger partial charge is 0.259 e. The second-order valence-electron chi connectivity index (χ2n) is 7.86. The van der Waals surface area contributed by atoms with Crippen LogP contribution >= 0.6 is 0 Å². The first-order valence-electron chi connectivity index (χ1n) is 10.5. The summed E-state index contributed by atoms with van der Waals surface area (Å²) >= 11 is 0. The van der Waals surface area contributed by atoms with E-state index >= 15 is 0 Å². The molecule has 4 aromatic rings. The van der Waals surface area contributed by atoms with Gasteiger partial charge in [-0.15, -0.1) is 0 Å². The molecule has 0 aliphatic carbocycles. The number of carbonyl (C=O) groups is 1. The molecule has 166 valence electrons. The van der Waals surface area contributed by atoms with Gasteiger partial charge in [-0.25, -0.2) is 14.1 Å². The molecule has 2 aromatic heterocycles. The molecule has 0 fully saturated rings. The topological polar surface area (TPSA) is 72.3 Å². The molecule has 1 aliphatic heterocycles. The Kier molecular flexibility index (Phi) is 5.58. The van der Waals surface area contributed by atoms with Crippen molar-refractivity contribution in [3.8, 4) is 11.6 Å². The molecule has 0 saturated carbocycles. The highest BCUT2D eigenvalue weighted by Crippen LogP contribution is 2.26. The zero-order valence-corrected chi connectivity index (χ0v) is 18.0. The molecule has 1 aliphatic rings. The number of benzene rings is 2. The van der Waals surface area contributed by atoms with Gasteiger partial charge in [0.15, 0.2) is 5.82 Å². The predicted octanol–water partition coefficient (Wildman–Crippen LogP) is 4.18. The Morgan fingerprint density at radius 3 is 2.64 bits per heavy atom. The van der Waals surface area contributed by atoms with E-state index in [9.17, 15) is 9.18 Å². The molecule has 0 saturated heterocycles. The summed E-state index contributed by atoms with van der Waals surface area (Å²) in [5, 5.41) is 7.43. The van der Waals surface area contributed by atoms with Crippen LogP contribution in [0.3, 0.4) is 0 Å². The molecule has 0 radical (unpaired) electrons. The lowest BCUT2D eigenvalue weighted by atomic mass is 10.1. The van der Waals surface area contributed by atoms with E-state index in [4.69, 9.17) is 4.74 Å². The molecular formula is C25H22FN5O2. The Labute approximate surface area is 190 Å². The third kappa shape index (κ3) is 4.33. The number of nitrogens with zero attached hydrogens (tertiary/aromatic N) is 4. The van der Waals surface area contributed by atoms with Crippen LogP contribution in [0.1, 0.15) is 27.2 Å². The lowest BCUT2D eigenvalue weighted by molar-refractivity contribution is 0.102. The van der Waals surface area contributed by atoms with Crippen molar-refractivity contribution < 1.29 is 13.9 Å². The van der Waals surface area contributed by atoms with Gasteiger partial charge < -0.3 is 10.1 Å². The zero-order valence-electron chi connectivity index (χ0n) is 18.0. The summed E-state index contributed by atoms with van der Waals surface area (Å²) in [4.78, 5) is 19.9. The Morgan fingerprint density at radius 2 is 1.88 bits per heavy atom. The van der Waals surface area contributed by atoms with Gasteiger partial charge in [-0.2, -0.15) is 5.10 Å². The maximum absolute atomic E-state index is 13.4. The first kappa shape index (κ1) is 20.8. The Bertz CT molecular complexity index is 1290. The van der Waals surface area contributed by atoms with E-state index in [1.54, 1.807) is 60.6 Å². The van der Waals surface area contributed by atoms with Crippen molar-refractivity contribution in [1.82, 2.24) is 19.7 Å². The minimum atomic E-state index is -0.264. The second-order valence-corrected chi connectivity index (χ2v) is 7.86. The highest BCUT2D eigenvalue weighted by molar-refractivity contribution is 6.05. The monoisotopic (exact) mass is 443 g/mol. The fourth-order valence-electron chi connectivity index (χ4n) is 3.98. The summed E-state index contributed by atoms with van der Waals surface area (Å²) in [5.41, 5.74) is 3.88. The van der Waals surface area contributed by atoms with Crippen molar-refractivity contribution in [2.24, 2.45) is 0 Å². The SMILES string of the molecule is COc1ccc(NC(=O)c2cnn3c2CN(Cc2ccc(F)cc2)Cc2cccnc2-3)cc1. The number of rotatable bonds is 5. The number of anilines is 1. The molecular weight excluding hydrogens is 421 g/mol. The molecule has 1 N–H and O–H groups in total. The van der Waals surface area contributed by atoms with E-state index < -0.39 is 0 Å². The maximum atomic E-state index is 13.4. The van der Waals surface area contributed by atoms with Crippen LogP contribution in [0.2, 0.25) is 0 Å². The minimum absolute atomic E-state index is 0.248. The van der Waals surface area contributed by atoms with Crippen molar-refractivity contribution >= 4 is 11.6 Å². The van der Waals surface area contributed by atoms with Crippen LogP contribution in [0.4, 0.5) is 10.1 Å². The number of ether oxygens (including phenoxy) is 1. The summed E-state index contributed by atoms with van der Waals surface area (Å²) in [6.07, 6.45) is 3.30. The number of hydrogen-bond donors (Lipinski definition) is 1. The molecule has 5 rings (SSSR count). The summed E-state index contributed by atoms with van der Waals surface area (Å²) in [6.45, 7) is 1.71. The Hall–Kier alpha value is -4.04. The van der Waals surface area contributed by atoms with Crippen LogP contribution < -0.4 is 10.1 Å². The highest BCUT2D eigenvalue weighted by Gasteiger charge is 2.26. The van der Waals surface area contributed by atoms with Gasteiger partial charge in [0.25, 0.3) is 5.91 Å². The van der Waals surface area contributed by atoms with Crippen LogP contribution in [0, 0.1) is 5.82 Å². The number of hydrogen-bond acceptors (Lipinski definition) is 5. The van der Waals surface area contributed by atoms with E-state index in [-0.39, 0.29) is 11.7 Å². The van der Waals surface area contributed by atoms with Gasteiger partial charge in [0, 0.05) is 37.1 Å². The van der Waals surface area contributed by atoms with E-state index in [1.165, 1.54) is 12.1 Å². The average molecular weight is 443 g/mol. The van der Waals surface area contributed by atoms with Crippen molar-refractivity contribution in [1.29, 1.82) is 0 Å². The van der Waals surface area contributed by atoms with E-state index in [0.717, 1.165) is 16.8 Å². The number of aromatic nitrogens is 3. The van der Waals surface area contributed by atoms with Gasteiger partial charge >= 0.3 is 0 Å². The largest absolute Gasteiger partial charge is 0.497 e. The van der Waals surface area contributed by atoms with Gasteiger partial charge in [0.05, 0.1) is 24.6 Å². The Morgan fingerprint density at radius 1 is 1.09 bits per heavy atom. The molecule has 0 unspecified atom stereocenters. The number of fused-ring (bicyclic) bond motifs is 3. The molecule has 1 amide bonds. The normalized spacial score (nSPS) is 13.0. The molecule has 0 bridgehead atoms. The van der Waals surface area contributed by atoms with E-state index in [0.29, 0.717) is 42.5 Å². The van der Waals surface area contributed by atoms with Gasteiger partial charge in [-0.3, -0.25) is 9.69 Å². The molecule has 7 nitrogen and oxygen atoms in total. The van der Waals surface area contributed by atoms with Crippen LogP contribution in [0.25, 0.3) is 5.82 Å². The van der Waals surface area contributed by atoms with Crippen LogP contribution in [-0.2, 0) is 19.6 Å². The lowest BCUT2D eigenvalue weighted by Crippen LogP contribution is -2.23. The first-order valence-corrected chi connectivity index (χ1v) is 10.5. The third-order valence-electron chi connectivity index (χ3n) is 5.62. The zero-order chi connectivity index (χ0) is 22.8. The third-order valence-corrected chi connectivity index (χ3v) is 5.62. The number of nitrogens with one attached hydrogen (secondary N) is 1. The van der Waals surface area contributed by atoms with Crippen LogP contribution in [-0.4, -0.2) is 32.7 Å². The molecule has 0 spiro atoms. The fourth-order valence-corrected chi connectivity index (χ4v) is 3.98. The Balaban J connectivity index is 1.47. The van der Waals surface area contributed by atoms with Crippen molar-refractivity contribution in [3.63, 3.8) is 0 Å². The standard InChI is InChI=1S/C25H22FN5O2/c1-33-21-10-8-20(9-11-21)29-25(32)22-13-28-31-23(22)16-30(14-17-4-6-19(26)7-5-17)15-18-3-2-12-27-24(18)31/h2-13H,14-16H2,1H3,(H,29,32). The number of carbonyl (C=O) groups excluding carboxylic acids is 1. The van der Waals surface area contributed by atoms with Gasteiger partial charge in [0.2, 0.25) is 0 Å². The van der Waals surface area contributed by atoms with Crippen LogP contribution in [0.5, 0.6) is 5.75 Å². The molecule has 0 atom stereocenters. The predicted molar refractivity (Wildman–Crippen MR) is 122 cm³/mol. The summed E-state index contributed by atoms with van der Waals surface area (Å²) in [7, 11) is 1.60. The van der Waals surface area contributed by atoms with Crippen molar-refractivity contribution in [2.45, 2.75) is 19.6 Å². The van der Waals surface area contributed by atoms with E-state index in [2.05, 4.69) is 20.3 Å². The molecule has 33 heavy (non-hydrogen) atoms. The summed E-state index contributed by atoms with van der Waals surface area (Å²) < 4.78 is 20.3. The first-order chi connectivity index (χ1) is 16.1. The van der Waals surface area contributed by atoms with E-state index in [1.807, 2.05) is 12.1 Å². The average Bonchev–Trinajstić information content (AvgIpc) is 3.18. The number of pyridine rings is 1.